The molecule has 2 aromatic rings. The molecule has 3 rings (SSSR count). The van der Waals surface area contributed by atoms with Crippen LogP contribution in [0.15, 0.2) is 36.4 Å². The number of aromatic nitrogens is 1. The standard InChI is InChI=1S/C17H20N2O2/c1-13(20)21-17(19-11-5-2-6-12-19)16-10-9-14-7-3-4-8-15(14)18-16/h3-4,7-10,17H,2,5-6,11-12H2,1H3. The van der Waals surface area contributed by atoms with Crippen LogP contribution in [0.1, 0.15) is 38.1 Å². The Kier molecular flexibility index (Phi) is 4.15. The van der Waals surface area contributed by atoms with Crippen molar-refractivity contribution in [2.24, 2.45) is 0 Å². The van der Waals surface area contributed by atoms with E-state index in [1.54, 1.807) is 0 Å². The molecule has 1 atom stereocenters. The Morgan fingerprint density at radius 2 is 1.90 bits per heavy atom. The van der Waals surface area contributed by atoms with Crippen LogP contribution in [-0.4, -0.2) is 28.9 Å². The van der Waals surface area contributed by atoms with Gasteiger partial charge in [-0.05, 0) is 25.0 Å². The molecular formula is C17H20N2O2. The van der Waals surface area contributed by atoms with Gasteiger partial charge in [0.1, 0.15) is 0 Å². The minimum atomic E-state index is -0.368. The van der Waals surface area contributed by atoms with Crippen LogP contribution in [0.2, 0.25) is 0 Å². The zero-order valence-electron chi connectivity index (χ0n) is 12.3. The number of carbonyl (C=O) groups is 1. The van der Waals surface area contributed by atoms with Crippen molar-refractivity contribution in [3.63, 3.8) is 0 Å². The lowest BCUT2D eigenvalue weighted by molar-refractivity contribution is -0.159. The SMILES string of the molecule is CC(=O)OC(c1ccc2ccccc2n1)N1CCCCC1. The van der Waals surface area contributed by atoms with Gasteiger partial charge in [0.2, 0.25) is 0 Å². The van der Waals surface area contributed by atoms with Crippen LogP contribution < -0.4 is 0 Å². The first-order valence-corrected chi connectivity index (χ1v) is 7.51. The molecule has 1 fully saturated rings. The molecule has 1 aromatic heterocycles. The summed E-state index contributed by atoms with van der Waals surface area (Å²) in [6.07, 6.45) is 3.16. The third kappa shape index (κ3) is 3.22. The lowest BCUT2D eigenvalue weighted by atomic mass is 10.1. The largest absolute Gasteiger partial charge is 0.440 e. The van der Waals surface area contributed by atoms with Crippen molar-refractivity contribution >= 4 is 16.9 Å². The van der Waals surface area contributed by atoms with Gasteiger partial charge in [0.05, 0.1) is 11.2 Å². The van der Waals surface area contributed by atoms with Crippen molar-refractivity contribution in [2.45, 2.75) is 32.4 Å². The maximum atomic E-state index is 11.5. The molecule has 21 heavy (non-hydrogen) atoms. The minimum Gasteiger partial charge on any atom is -0.440 e. The normalized spacial score (nSPS) is 17.6. The Morgan fingerprint density at radius 3 is 2.67 bits per heavy atom. The van der Waals surface area contributed by atoms with Crippen LogP contribution in [-0.2, 0) is 9.53 Å². The van der Waals surface area contributed by atoms with Gasteiger partial charge in [-0.3, -0.25) is 9.69 Å². The average molecular weight is 284 g/mol. The molecule has 110 valence electrons. The molecule has 0 spiro atoms. The van der Waals surface area contributed by atoms with Crippen molar-refractivity contribution < 1.29 is 9.53 Å². The third-order valence-electron chi connectivity index (χ3n) is 3.87. The number of hydrogen-bond donors (Lipinski definition) is 0. The summed E-state index contributed by atoms with van der Waals surface area (Å²) in [6.45, 7) is 3.36. The molecule has 2 heterocycles. The zero-order chi connectivity index (χ0) is 14.7. The van der Waals surface area contributed by atoms with Crippen molar-refractivity contribution in [2.75, 3.05) is 13.1 Å². The third-order valence-corrected chi connectivity index (χ3v) is 3.87. The second-order valence-electron chi connectivity index (χ2n) is 5.49. The van der Waals surface area contributed by atoms with Crippen LogP contribution in [0.25, 0.3) is 10.9 Å². The van der Waals surface area contributed by atoms with E-state index >= 15 is 0 Å². The van der Waals surface area contributed by atoms with Gasteiger partial charge in [-0.1, -0.05) is 30.7 Å². The van der Waals surface area contributed by atoms with Gasteiger partial charge in [-0.15, -0.1) is 0 Å². The number of rotatable bonds is 3. The lowest BCUT2D eigenvalue weighted by Crippen LogP contribution is -2.36. The molecule has 1 aliphatic heterocycles. The van der Waals surface area contributed by atoms with E-state index in [1.165, 1.54) is 13.3 Å². The minimum absolute atomic E-state index is 0.263. The maximum Gasteiger partial charge on any atom is 0.304 e. The molecule has 1 unspecified atom stereocenters. The Balaban J connectivity index is 1.94. The highest BCUT2D eigenvalue weighted by atomic mass is 16.6. The van der Waals surface area contributed by atoms with Crippen molar-refractivity contribution in [1.82, 2.24) is 9.88 Å². The molecule has 0 aliphatic carbocycles. The number of esters is 1. The molecule has 0 N–H and O–H groups in total. The molecule has 0 saturated carbocycles. The number of pyridine rings is 1. The Hall–Kier alpha value is -1.94. The maximum absolute atomic E-state index is 11.5. The van der Waals surface area contributed by atoms with E-state index < -0.39 is 0 Å². The number of benzene rings is 1. The number of likely N-dealkylation sites (tertiary alicyclic amines) is 1. The van der Waals surface area contributed by atoms with E-state index in [0.717, 1.165) is 42.5 Å². The van der Waals surface area contributed by atoms with E-state index in [1.807, 2.05) is 36.4 Å². The number of fused-ring (bicyclic) bond motifs is 1. The summed E-state index contributed by atoms with van der Waals surface area (Å²) in [4.78, 5) is 18.4. The molecule has 0 amide bonds. The van der Waals surface area contributed by atoms with E-state index in [4.69, 9.17) is 4.74 Å². The predicted octanol–water partition coefficient (Wildman–Crippen LogP) is 3.28. The first-order valence-electron chi connectivity index (χ1n) is 7.51. The van der Waals surface area contributed by atoms with E-state index in [0.29, 0.717) is 0 Å². The molecule has 4 nitrogen and oxygen atoms in total. The van der Waals surface area contributed by atoms with Crippen LogP contribution in [0.4, 0.5) is 0 Å². The smallest absolute Gasteiger partial charge is 0.304 e. The second kappa shape index (κ2) is 6.22. The molecular weight excluding hydrogens is 264 g/mol. The second-order valence-corrected chi connectivity index (χ2v) is 5.49. The quantitative estimate of drug-likeness (QED) is 0.811. The molecule has 0 radical (unpaired) electrons. The van der Waals surface area contributed by atoms with Gasteiger partial charge in [0, 0.05) is 25.4 Å². The summed E-state index contributed by atoms with van der Waals surface area (Å²) in [5.41, 5.74) is 1.75. The van der Waals surface area contributed by atoms with Gasteiger partial charge in [-0.25, -0.2) is 4.98 Å². The highest BCUT2D eigenvalue weighted by molar-refractivity contribution is 5.78. The number of carbonyl (C=O) groups excluding carboxylic acids is 1. The summed E-state index contributed by atoms with van der Waals surface area (Å²) < 4.78 is 5.55. The molecule has 4 heteroatoms. The van der Waals surface area contributed by atoms with E-state index in [9.17, 15) is 4.79 Å². The highest BCUT2D eigenvalue weighted by Gasteiger charge is 2.26. The fourth-order valence-corrected chi connectivity index (χ4v) is 2.85. The molecule has 1 saturated heterocycles. The van der Waals surface area contributed by atoms with Gasteiger partial charge in [0.25, 0.3) is 0 Å². The van der Waals surface area contributed by atoms with Gasteiger partial charge in [0.15, 0.2) is 6.23 Å². The van der Waals surface area contributed by atoms with E-state index in [2.05, 4.69) is 9.88 Å². The van der Waals surface area contributed by atoms with E-state index in [-0.39, 0.29) is 12.2 Å². The summed E-state index contributed by atoms with van der Waals surface area (Å²) in [7, 11) is 0. The first kappa shape index (κ1) is 14.0. The number of ether oxygens (including phenoxy) is 1. The topological polar surface area (TPSA) is 42.4 Å². The van der Waals surface area contributed by atoms with Crippen LogP contribution in [0, 0.1) is 0 Å². The molecule has 0 bridgehead atoms. The van der Waals surface area contributed by atoms with Crippen molar-refractivity contribution in [3.05, 3.63) is 42.1 Å². The van der Waals surface area contributed by atoms with Crippen molar-refractivity contribution in [1.29, 1.82) is 0 Å². The fourth-order valence-electron chi connectivity index (χ4n) is 2.85. The molecule has 1 aromatic carbocycles. The Labute approximate surface area is 124 Å². The Morgan fingerprint density at radius 1 is 1.14 bits per heavy atom. The predicted molar refractivity (Wildman–Crippen MR) is 81.7 cm³/mol. The lowest BCUT2D eigenvalue weighted by Gasteiger charge is -2.33. The monoisotopic (exact) mass is 284 g/mol. The number of para-hydroxylation sites is 1. The highest BCUT2D eigenvalue weighted by Crippen LogP contribution is 2.26. The fraction of sp³-hybridized carbons (Fsp3) is 0.412. The van der Waals surface area contributed by atoms with Crippen LogP contribution >= 0.6 is 0 Å². The number of nitrogens with zero attached hydrogens (tertiary/aromatic N) is 2. The van der Waals surface area contributed by atoms with Crippen LogP contribution in [0.5, 0.6) is 0 Å². The summed E-state index contributed by atoms with van der Waals surface area (Å²) in [5.74, 6) is -0.263. The number of piperidine rings is 1. The summed E-state index contributed by atoms with van der Waals surface area (Å²) in [5, 5.41) is 1.10. The van der Waals surface area contributed by atoms with Crippen LogP contribution in [0.3, 0.4) is 0 Å². The summed E-state index contributed by atoms with van der Waals surface area (Å²) >= 11 is 0. The van der Waals surface area contributed by atoms with Gasteiger partial charge >= 0.3 is 5.97 Å². The number of hydrogen-bond acceptors (Lipinski definition) is 4. The summed E-state index contributed by atoms with van der Waals surface area (Å²) in [6, 6.07) is 12.0. The zero-order valence-corrected chi connectivity index (χ0v) is 12.3. The first-order chi connectivity index (χ1) is 10.2. The van der Waals surface area contributed by atoms with Crippen molar-refractivity contribution in [3.8, 4) is 0 Å². The van der Waals surface area contributed by atoms with Gasteiger partial charge in [-0.2, -0.15) is 0 Å². The Bertz CT molecular complexity index is 635. The molecule has 1 aliphatic rings. The average Bonchev–Trinajstić information content (AvgIpc) is 2.53. The van der Waals surface area contributed by atoms with Gasteiger partial charge < -0.3 is 4.74 Å².